The summed E-state index contributed by atoms with van der Waals surface area (Å²) < 4.78 is 2.11. The molecule has 0 saturated heterocycles. The first kappa shape index (κ1) is 10.5. The van der Waals surface area contributed by atoms with Crippen LogP contribution >= 0.6 is 11.8 Å². The summed E-state index contributed by atoms with van der Waals surface area (Å²) in [6.45, 7) is 5.68. The van der Waals surface area contributed by atoms with Crippen molar-refractivity contribution < 1.29 is 0 Å². The molecule has 0 atom stereocenters. The highest BCUT2D eigenvalue weighted by molar-refractivity contribution is 7.99. The van der Waals surface area contributed by atoms with E-state index < -0.39 is 0 Å². The summed E-state index contributed by atoms with van der Waals surface area (Å²) in [7, 11) is 0. The average molecular weight is 200 g/mol. The van der Waals surface area contributed by atoms with Crippen molar-refractivity contribution in [2.45, 2.75) is 38.5 Å². The van der Waals surface area contributed by atoms with E-state index in [4.69, 9.17) is 5.73 Å². The number of nitrogens with zero attached hydrogens (tertiary/aromatic N) is 3. The van der Waals surface area contributed by atoms with Crippen LogP contribution in [0.3, 0.4) is 0 Å². The van der Waals surface area contributed by atoms with Crippen LogP contribution in [-0.4, -0.2) is 20.5 Å². The van der Waals surface area contributed by atoms with Gasteiger partial charge < -0.3 is 10.3 Å². The van der Waals surface area contributed by atoms with Crippen molar-refractivity contribution in [3.63, 3.8) is 0 Å². The van der Waals surface area contributed by atoms with E-state index in [2.05, 4.69) is 28.6 Å². The van der Waals surface area contributed by atoms with Gasteiger partial charge in [0, 0.05) is 6.54 Å². The Kier molecular flexibility index (Phi) is 4.24. The van der Waals surface area contributed by atoms with Crippen molar-refractivity contribution in [1.29, 1.82) is 0 Å². The van der Waals surface area contributed by atoms with E-state index >= 15 is 0 Å². The van der Waals surface area contributed by atoms with E-state index in [-0.39, 0.29) is 0 Å². The molecular weight excluding hydrogens is 184 g/mol. The van der Waals surface area contributed by atoms with Crippen LogP contribution < -0.4 is 5.73 Å². The zero-order valence-corrected chi connectivity index (χ0v) is 8.97. The molecule has 0 spiro atoms. The lowest BCUT2D eigenvalue weighted by Crippen LogP contribution is -2.09. The van der Waals surface area contributed by atoms with Crippen LogP contribution in [0.1, 0.15) is 26.1 Å². The Balaban J connectivity index is 2.85. The molecule has 0 aliphatic carbocycles. The summed E-state index contributed by atoms with van der Waals surface area (Å²) in [6, 6.07) is 0. The Bertz CT molecular complexity index is 259. The number of rotatable bonds is 5. The molecule has 0 amide bonds. The van der Waals surface area contributed by atoms with E-state index in [0.717, 1.165) is 29.7 Å². The van der Waals surface area contributed by atoms with Gasteiger partial charge in [0.1, 0.15) is 5.82 Å². The quantitative estimate of drug-likeness (QED) is 0.727. The summed E-state index contributed by atoms with van der Waals surface area (Å²) in [6.07, 6.45) is 1.09. The molecule has 0 aliphatic rings. The molecule has 74 valence electrons. The molecule has 0 aromatic carbocycles. The standard InChI is InChI=1S/C8H16N4S/c1-3-5-12-7(6-9)10-11-8(12)13-4-2/h3-6,9H2,1-2H3. The molecule has 2 N–H and O–H groups in total. The number of hydrogen-bond donors (Lipinski definition) is 1. The first-order valence-corrected chi connectivity index (χ1v) is 5.57. The summed E-state index contributed by atoms with van der Waals surface area (Å²) in [4.78, 5) is 0. The van der Waals surface area contributed by atoms with Gasteiger partial charge in [-0.05, 0) is 12.2 Å². The van der Waals surface area contributed by atoms with Gasteiger partial charge in [0.2, 0.25) is 0 Å². The Morgan fingerprint density at radius 2 is 2.15 bits per heavy atom. The lowest BCUT2D eigenvalue weighted by Gasteiger charge is -2.05. The monoisotopic (exact) mass is 200 g/mol. The van der Waals surface area contributed by atoms with Crippen molar-refractivity contribution in [2.24, 2.45) is 5.73 Å². The predicted octanol–water partition coefficient (Wildman–Crippen LogP) is 1.26. The summed E-state index contributed by atoms with van der Waals surface area (Å²) in [5.41, 5.74) is 5.56. The van der Waals surface area contributed by atoms with Gasteiger partial charge in [-0.1, -0.05) is 25.6 Å². The van der Waals surface area contributed by atoms with Crippen molar-refractivity contribution >= 4 is 11.8 Å². The van der Waals surface area contributed by atoms with Gasteiger partial charge in [-0.3, -0.25) is 0 Å². The van der Waals surface area contributed by atoms with E-state index in [0.29, 0.717) is 6.54 Å². The maximum atomic E-state index is 5.56. The normalized spacial score (nSPS) is 10.7. The Labute approximate surface area is 82.9 Å². The highest BCUT2D eigenvalue weighted by Crippen LogP contribution is 2.16. The highest BCUT2D eigenvalue weighted by Gasteiger charge is 2.08. The zero-order chi connectivity index (χ0) is 9.68. The minimum absolute atomic E-state index is 0.470. The first-order chi connectivity index (χ1) is 6.33. The molecule has 0 fully saturated rings. The Morgan fingerprint density at radius 3 is 2.69 bits per heavy atom. The summed E-state index contributed by atoms with van der Waals surface area (Å²) >= 11 is 1.71. The van der Waals surface area contributed by atoms with Gasteiger partial charge >= 0.3 is 0 Å². The molecule has 0 bridgehead atoms. The number of nitrogens with two attached hydrogens (primary N) is 1. The lowest BCUT2D eigenvalue weighted by atomic mass is 10.4. The van der Waals surface area contributed by atoms with Crippen molar-refractivity contribution in [1.82, 2.24) is 14.8 Å². The molecule has 1 aromatic rings. The molecule has 4 nitrogen and oxygen atoms in total. The van der Waals surface area contributed by atoms with Crippen LogP contribution in [0.2, 0.25) is 0 Å². The summed E-state index contributed by atoms with van der Waals surface area (Å²) in [5, 5.41) is 9.12. The second-order valence-electron chi connectivity index (χ2n) is 2.69. The molecule has 1 rings (SSSR count). The molecule has 0 unspecified atom stereocenters. The second-order valence-corrected chi connectivity index (χ2v) is 3.92. The Morgan fingerprint density at radius 1 is 1.38 bits per heavy atom. The topological polar surface area (TPSA) is 56.7 Å². The SMILES string of the molecule is CCCn1c(CN)nnc1SCC. The fraction of sp³-hybridized carbons (Fsp3) is 0.750. The highest BCUT2D eigenvalue weighted by atomic mass is 32.2. The molecule has 1 heterocycles. The van der Waals surface area contributed by atoms with E-state index in [9.17, 15) is 0 Å². The fourth-order valence-corrected chi connectivity index (χ4v) is 1.86. The van der Waals surface area contributed by atoms with Gasteiger partial charge in [0.25, 0.3) is 0 Å². The number of thioether (sulfide) groups is 1. The third-order valence-electron chi connectivity index (χ3n) is 1.70. The molecule has 0 saturated carbocycles. The summed E-state index contributed by atoms with van der Waals surface area (Å²) in [5.74, 6) is 1.91. The smallest absolute Gasteiger partial charge is 0.191 e. The van der Waals surface area contributed by atoms with Crippen LogP contribution in [-0.2, 0) is 13.1 Å². The number of aromatic nitrogens is 3. The predicted molar refractivity (Wildman–Crippen MR) is 54.6 cm³/mol. The number of hydrogen-bond acceptors (Lipinski definition) is 4. The van der Waals surface area contributed by atoms with Crippen LogP contribution in [0.5, 0.6) is 0 Å². The van der Waals surface area contributed by atoms with Crippen LogP contribution in [0, 0.1) is 0 Å². The van der Waals surface area contributed by atoms with Crippen molar-refractivity contribution in [3.8, 4) is 0 Å². The molecule has 1 aromatic heterocycles. The van der Waals surface area contributed by atoms with Crippen LogP contribution in [0.15, 0.2) is 5.16 Å². The largest absolute Gasteiger partial charge is 0.324 e. The van der Waals surface area contributed by atoms with E-state index in [1.54, 1.807) is 11.8 Å². The van der Waals surface area contributed by atoms with Crippen molar-refractivity contribution in [3.05, 3.63) is 5.82 Å². The molecule has 13 heavy (non-hydrogen) atoms. The van der Waals surface area contributed by atoms with Crippen LogP contribution in [0.25, 0.3) is 0 Å². The Hall–Kier alpha value is -0.550. The van der Waals surface area contributed by atoms with Gasteiger partial charge in [-0.2, -0.15) is 0 Å². The fourth-order valence-electron chi connectivity index (χ4n) is 1.15. The van der Waals surface area contributed by atoms with Gasteiger partial charge in [-0.25, -0.2) is 0 Å². The third kappa shape index (κ3) is 2.45. The molecule has 0 radical (unpaired) electrons. The zero-order valence-electron chi connectivity index (χ0n) is 8.16. The maximum absolute atomic E-state index is 5.56. The van der Waals surface area contributed by atoms with E-state index in [1.165, 1.54) is 0 Å². The average Bonchev–Trinajstić information content (AvgIpc) is 2.50. The first-order valence-electron chi connectivity index (χ1n) is 4.58. The second kappa shape index (κ2) is 5.24. The molecule has 0 aliphatic heterocycles. The molecular formula is C8H16N4S. The van der Waals surface area contributed by atoms with Crippen molar-refractivity contribution in [2.75, 3.05) is 5.75 Å². The van der Waals surface area contributed by atoms with Gasteiger partial charge in [0.15, 0.2) is 5.16 Å². The minimum atomic E-state index is 0.470. The minimum Gasteiger partial charge on any atom is -0.324 e. The maximum Gasteiger partial charge on any atom is 0.191 e. The lowest BCUT2D eigenvalue weighted by molar-refractivity contribution is 0.592. The third-order valence-corrected chi connectivity index (χ3v) is 2.55. The molecule has 5 heteroatoms. The van der Waals surface area contributed by atoms with Gasteiger partial charge in [0.05, 0.1) is 6.54 Å². The van der Waals surface area contributed by atoms with Crippen LogP contribution in [0.4, 0.5) is 0 Å². The van der Waals surface area contributed by atoms with Gasteiger partial charge in [-0.15, -0.1) is 10.2 Å². The van der Waals surface area contributed by atoms with E-state index in [1.807, 2.05) is 0 Å².